The molecular formula is C14H16O2. The highest BCUT2D eigenvalue weighted by Crippen LogP contribution is 2.28. The van der Waals surface area contributed by atoms with Gasteiger partial charge in [0.25, 0.3) is 0 Å². The van der Waals surface area contributed by atoms with Gasteiger partial charge in [0, 0.05) is 5.92 Å². The van der Waals surface area contributed by atoms with Crippen LogP contribution in [0.15, 0.2) is 48.3 Å². The molecule has 0 heterocycles. The minimum atomic E-state index is 0.449. The Kier molecular flexibility index (Phi) is 3.30. The van der Waals surface area contributed by atoms with E-state index < -0.39 is 0 Å². The Bertz CT molecular complexity index is 401. The van der Waals surface area contributed by atoms with E-state index in [4.69, 9.17) is 9.47 Å². The topological polar surface area (TPSA) is 18.5 Å². The molecule has 0 fully saturated rings. The Hall–Kier alpha value is -1.70. The van der Waals surface area contributed by atoms with Gasteiger partial charge < -0.3 is 9.47 Å². The largest absolute Gasteiger partial charge is 0.497 e. The lowest BCUT2D eigenvalue weighted by molar-refractivity contribution is 0.303. The first kappa shape index (κ1) is 10.8. The van der Waals surface area contributed by atoms with Crippen LogP contribution in [0.4, 0.5) is 0 Å². The minimum absolute atomic E-state index is 0.449. The van der Waals surface area contributed by atoms with Crippen molar-refractivity contribution in [3.8, 4) is 5.75 Å². The van der Waals surface area contributed by atoms with Crippen LogP contribution >= 0.6 is 0 Å². The summed E-state index contributed by atoms with van der Waals surface area (Å²) in [6, 6.07) is 8.22. The van der Waals surface area contributed by atoms with Crippen molar-refractivity contribution in [2.75, 3.05) is 14.2 Å². The quantitative estimate of drug-likeness (QED) is 0.772. The molecule has 2 nitrogen and oxygen atoms in total. The van der Waals surface area contributed by atoms with Gasteiger partial charge in [-0.25, -0.2) is 0 Å². The zero-order valence-corrected chi connectivity index (χ0v) is 9.64. The lowest BCUT2D eigenvalue weighted by atomic mass is 9.92. The molecule has 2 heteroatoms. The van der Waals surface area contributed by atoms with Crippen LogP contribution in [0.2, 0.25) is 0 Å². The van der Waals surface area contributed by atoms with Gasteiger partial charge in [0.2, 0.25) is 0 Å². The third-order valence-electron chi connectivity index (χ3n) is 2.85. The second-order valence-corrected chi connectivity index (χ2v) is 3.79. The molecule has 0 N–H and O–H groups in total. The lowest BCUT2D eigenvalue weighted by Gasteiger charge is -2.16. The van der Waals surface area contributed by atoms with Crippen LogP contribution in [0.3, 0.4) is 0 Å². The summed E-state index contributed by atoms with van der Waals surface area (Å²) >= 11 is 0. The molecule has 16 heavy (non-hydrogen) atoms. The summed E-state index contributed by atoms with van der Waals surface area (Å²) in [5, 5.41) is 0. The first-order valence-electron chi connectivity index (χ1n) is 5.40. The molecule has 0 radical (unpaired) electrons. The van der Waals surface area contributed by atoms with E-state index in [0.717, 1.165) is 17.9 Å². The van der Waals surface area contributed by atoms with Gasteiger partial charge in [-0.2, -0.15) is 0 Å². The van der Waals surface area contributed by atoms with Gasteiger partial charge in [-0.1, -0.05) is 18.2 Å². The van der Waals surface area contributed by atoms with E-state index in [2.05, 4.69) is 24.3 Å². The summed E-state index contributed by atoms with van der Waals surface area (Å²) in [5.41, 5.74) is 1.31. The number of benzene rings is 1. The standard InChI is InChI=1S/C14H16O2/c1-15-13-7-3-11(4-8-13)12-5-9-14(16-2)10-6-12/h3-5,7-10,12H,6H2,1-2H3/t12-/m0/s1. The molecule has 1 aliphatic carbocycles. The Morgan fingerprint density at radius 2 is 1.81 bits per heavy atom. The Balaban J connectivity index is 2.09. The van der Waals surface area contributed by atoms with Crippen LogP contribution in [0.1, 0.15) is 17.9 Å². The zero-order chi connectivity index (χ0) is 11.4. The highest BCUT2D eigenvalue weighted by atomic mass is 16.5. The smallest absolute Gasteiger partial charge is 0.118 e. The molecule has 0 aliphatic heterocycles. The maximum absolute atomic E-state index is 5.17. The van der Waals surface area contributed by atoms with Crippen LogP contribution in [-0.4, -0.2) is 14.2 Å². The fourth-order valence-electron chi connectivity index (χ4n) is 1.85. The number of hydrogen-bond acceptors (Lipinski definition) is 2. The van der Waals surface area contributed by atoms with E-state index in [9.17, 15) is 0 Å². The molecule has 0 saturated carbocycles. The second-order valence-electron chi connectivity index (χ2n) is 3.79. The molecule has 0 aromatic heterocycles. The maximum atomic E-state index is 5.17. The van der Waals surface area contributed by atoms with Crippen LogP contribution in [-0.2, 0) is 4.74 Å². The van der Waals surface area contributed by atoms with E-state index in [1.807, 2.05) is 18.2 Å². The third kappa shape index (κ3) is 2.27. The van der Waals surface area contributed by atoms with Crippen molar-refractivity contribution in [1.29, 1.82) is 0 Å². The van der Waals surface area contributed by atoms with Crippen LogP contribution in [0, 0.1) is 0 Å². The number of ether oxygens (including phenoxy) is 2. The predicted octanol–water partition coefficient (Wildman–Crippen LogP) is 3.27. The van der Waals surface area contributed by atoms with Crippen LogP contribution < -0.4 is 4.74 Å². The van der Waals surface area contributed by atoms with Crippen molar-refractivity contribution in [2.45, 2.75) is 12.3 Å². The number of methoxy groups -OCH3 is 2. The van der Waals surface area contributed by atoms with E-state index in [1.165, 1.54) is 5.56 Å². The van der Waals surface area contributed by atoms with E-state index in [0.29, 0.717) is 5.92 Å². The molecule has 1 aromatic rings. The summed E-state index contributed by atoms with van der Waals surface area (Å²) in [6.07, 6.45) is 7.32. The van der Waals surface area contributed by atoms with Gasteiger partial charge >= 0.3 is 0 Å². The maximum Gasteiger partial charge on any atom is 0.118 e. The average molecular weight is 216 g/mol. The SMILES string of the molecule is COC1=CC[C@@H](c2ccc(OC)cc2)C=C1. The number of hydrogen-bond donors (Lipinski definition) is 0. The van der Waals surface area contributed by atoms with E-state index in [-0.39, 0.29) is 0 Å². The Morgan fingerprint density at radius 3 is 2.31 bits per heavy atom. The van der Waals surface area contributed by atoms with Crippen molar-refractivity contribution in [2.24, 2.45) is 0 Å². The molecule has 1 atom stereocenters. The fraction of sp³-hybridized carbons (Fsp3) is 0.286. The molecule has 0 amide bonds. The molecule has 2 rings (SSSR count). The van der Waals surface area contributed by atoms with Gasteiger partial charge in [-0.3, -0.25) is 0 Å². The second kappa shape index (κ2) is 4.88. The Labute approximate surface area is 96.2 Å². The van der Waals surface area contributed by atoms with Gasteiger partial charge in [-0.15, -0.1) is 0 Å². The van der Waals surface area contributed by atoms with Gasteiger partial charge in [0.1, 0.15) is 11.5 Å². The molecule has 0 bridgehead atoms. The minimum Gasteiger partial charge on any atom is -0.497 e. The highest BCUT2D eigenvalue weighted by molar-refractivity contribution is 5.34. The van der Waals surface area contributed by atoms with Crippen LogP contribution in [0.25, 0.3) is 0 Å². The average Bonchev–Trinajstić information content (AvgIpc) is 2.39. The first-order chi connectivity index (χ1) is 7.83. The summed E-state index contributed by atoms with van der Waals surface area (Å²) in [6.45, 7) is 0. The zero-order valence-electron chi connectivity index (χ0n) is 9.64. The molecule has 0 unspecified atom stereocenters. The number of rotatable bonds is 3. The third-order valence-corrected chi connectivity index (χ3v) is 2.85. The first-order valence-corrected chi connectivity index (χ1v) is 5.40. The van der Waals surface area contributed by atoms with Crippen molar-refractivity contribution in [1.82, 2.24) is 0 Å². The summed E-state index contributed by atoms with van der Waals surface area (Å²) in [5.74, 6) is 2.30. The number of allylic oxidation sites excluding steroid dienone is 3. The highest BCUT2D eigenvalue weighted by Gasteiger charge is 2.11. The van der Waals surface area contributed by atoms with Crippen molar-refractivity contribution in [3.05, 3.63) is 53.8 Å². The van der Waals surface area contributed by atoms with E-state index in [1.54, 1.807) is 14.2 Å². The Morgan fingerprint density at radius 1 is 1.06 bits per heavy atom. The summed E-state index contributed by atoms with van der Waals surface area (Å²) < 4.78 is 10.3. The predicted molar refractivity (Wildman–Crippen MR) is 64.6 cm³/mol. The molecular weight excluding hydrogens is 200 g/mol. The summed E-state index contributed by atoms with van der Waals surface area (Å²) in [7, 11) is 3.38. The molecule has 0 spiro atoms. The molecule has 0 saturated heterocycles. The van der Waals surface area contributed by atoms with Crippen molar-refractivity contribution >= 4 is 0 Å². The van der Waals surface area contributed by atoms with Gasteiger partial charge in [0.05, 0.1) is 14.2 Å². The van der Waals surface area contributed by atoms with Gasteiger partial charge in [-0.05, 0) is 36.3 Å². The molecule has 84 valence electrons. The lowest BCUT2D eigenvalue weighted by Crippen LogP contribution is -1.99. The van der Waals surface area contributed by atoms with E-state index >= 15 is 0 Å². The van der Waals surface area contributed by atoms with Crippen molar-refractivity contribution in [3.63, 3.8) is 0 Å². The molecule has 1 aromatic carbocycles. The normalized spacial score (nSPS) is 19.1. The summed E-state index contributed by atoms with van der Waals surface area (Å²) in [4.78, 5) is 0. The van der Waals surface area contributed by atoms with Crippen molar-refractivity contribution < 1.29 is 9.47 Å². The van der Waals surface area contributed by atoms with Gasteiger partial charge in [0.15, 0.2) is 0 Å². The monoisotopic (exact) mass is 216 g/mol. The van der Waals surface area contributed by atoms with Crippen LogP contribution in [0.5, 0.6) is 5.75 Å². The fourth-order valence-corrected chi connectivity index (χ4v) is 1.85. The molecule has 1 aliphatic rings.